The molecule has 20 heavy (non-hydrogen) atoms. The molecule has 0 amide bonds. The maximum atomic E-state index is 6.18. The van der Waals surface area contributed by atoms with Crippen LogP contribution in [-0.2, 0) is 5.33 Å². The molecule has 0 N–H and O–H groups in total. The van der Waals surface area contributed by atoms with Crippen molar-refractivity contribution in [3.05, 3.63) is 27.7 Å². The van der Waals surface area contributed by atoms with Crippen LogP contribution in [0.4, 0.5) is 0 Å². The van der Waals surface area contributed by atoms with Crippen LogP contribution < -0.4 is 4.74 Å². The van der Waals surface area contributed by atoms with Gasteiger partial charge in [0, 0.05) is 15.9 Å². The molecule has 0 saturated heterocycles. The van der Waals surface area contributed by atoms with Crippen molar-refractivity contribution in [1.29, 1.82) is 0 Å². The zero-order valence-corrected chi connectivity index (χ0v) is 15.2. The van der Waals surface area contributed by atoms with Gasteiger partial charge >= 0.3 is 0 Å². The molecule has 0 bridgehead atoms. The van der Waals surface area contributed by atoms with Crippen molar-refractivity contribution in [3.8, 4) is 5.75 Å². The van der Waals surface area contributed by atoms with Crippen molar-refractivity contribution >= 4 is 39.1 Å². The van der Waals surface area contributed by atoms with E-state index in [2.05, 4.69) is 22.9 Å². The Bertz CT molecular complexity index is 396. The van der Waals surface area contributed by atoms with Gasteiger partial charge in [-0.2, -0.15) is 0 Å². The monoisotopic (exact) mass is 380 g/mol. The lowest BCUT2D eigenvalue weighted by molar-refractivity contribution is 0.302. The molecule has 0 fully saturated rings. The zero-order chi connectivity index (χ0) is 14.8. The second-order valence-corrected chi connectivity index (χ2v) is 6.38. The summed E-state index contributed by atoms with van der Waals surface area (Å²) in [4.78, 5) is 0. The standard InChI is InChI=1S/C16H23BrCl2O/c1-2-3-4-5-6-7-8-9-20-16-13(12-17)10-14(18)11-15(16)19/h10-11H,2-9,12H2,1H3. The fourth-order valence-corrected chi connectivity index (χ4v) is 3.11. The first kappa shape index (κ1) is 18.1. The number of rotatable bonds is 10. The molecule has 0 aliphatic carbocycles. The summed E-state index contributed by atoms with van der Waals surface area (Å²) in [6.45, 7) is 2.96. The summed E-state index contributed by atoms with van der Waals surface area (Å²) in [6, 6.07) is 3.62. The Hall–Kier alpha value is 0.0800. The van der Waals surface area contributed by atoms with E-state index in [0.29, 0.717) is 15.4 Å². The van der Waals surface area contributed by atoms with Gasteiger partial charge in [-0.15, -0.1) is 0 Å². The predicted molar refractivity (Wildman–Crippen MR) is 92.6 cm³/mol. The largest absolute Gasteiger partial charge is 0.492 e. The molecule has 1 aromatic rings. The minimum atomic E-state index is 0.592. The number of alkyl halides is 1. The summed E-state index contributed by atoms with van der Waals surface area (Å²) in [6.07, 6.45) is 8.93. The topological polar surface area (TPSA) is 9.23 Å². The third-order valence-corrected chi connectivity index (χ3v) is 4.33. The smallest absolute Gasteiger partial charge is 0.142 e. The third-order valence-electron chi connectivity index (χ3n) is 3.22. The van der Waals surface area contributed by atoms with Crippen LogP contribution in [0.1, 0.15) is 57.4 Å². The van der Waals surface area contributed by atoms with Gasteiger partial charge in [0.05, 0.1) is 11.6 Å². The maximum Gasteiger partial charge on any atom is 0.142 e. The van der Waals surface area contributed by atoms with Crippen molar-refractivity contribution < 1.29 is 4.74 Å². The van der Waals surface area contributed by atoms with Crippen molar-refractivity contribution in [1.82, 2.24) is 0 Å². The maximum absolute atomic E-state index is 6.18. The molecule has 0 spiro atoms. The second kappa shape index (κ2) is 10.8. The highest BCUT2D eigenvalue weighted by molar-refractivity contribution is 9.08. The van der Waals surface area contributed by atoms with E-state index >= 15 is 0 Å². The van der Waals surface area contributed by atoms with E-state index in [1.54, 1.807) is 6.07 Å². The molecule has 1 aromatic carbocycles. The average molecular weight is 382 g/mol. The number of ether oxygens (including phenoxy) is 1. The molecule has 0 atom stereocenters. The zero-order valence-electron chi connectivity index (χ0n) is 12.1. The Morgan fingerprint density at radius 2 is 1.65 bits per heavy atom. The first-order valence-electron chi connectivity index (χ1n) is 7.35. The average Bonchev–Trinajstić information content (AvgIpc) is 2.43. The van der Waals surface area contributed by atoms with E-state index in [1.807, 2.05) is 6.07 Å². The molecule has 1 nitrogen and oxygen atoms in total. The van der Waals surface area contributed by atoms with Crippen molar-refractivity contribution in [3.63, 3.8) is 0 Å². The Labute approximate surface area is 141 Å². The number of unbranched alkanes of at least 4 members (excludes halogenated alkanes) is 6. The Kier molecular flexibility index (Phi) is 9.75. The van der Waals surface area contributed by atoms with Crippen LogP contribution in [0.5, 0.6) is 5.75 Å². The molecule has 114 valence electrons. The molecular formula is C16H23BrCl2O. The predicted octanol–water partition coefficient (Wildman–Crippen LogP) is 7.02. The fraction of sp³-hybridized carbons (Fsp3) is 0.625. The van der Waals surface area contributed by atoms with E-state index in [0.717, 1.165) is 24.3 Å². The van der Waals surface area contributed by atoms with Crippen LogP contribution in [0, 0.1) is 0 Å². The molecule has 0 aliphatic rings. The lowest BCUT2D eigenvalue weighted by Gasteiger charge is -2.12. The Morgan fingerprint density at radius 3 is 2.30 bits per heavy atom. The summed E-state index contributed by atoms with van der Waals surface area (Å²) < 4.78 is 5.82. The van der Waals surface area contributed by atoms with Crippen LogP contribution >= 0.6 is 39.1 Å². The van der Waals surface area contributed by atoms with Crippen LogP contribution in [0.3, 0.4) is 0 Å². The fourth-order valence-electron chi connectivity index (χ4n) is 2.11. The van der Waals surface area contributed by atoms with Gasteiger partial charge in [0.2, 0.25) is 0 Å². The van der Waals surface area contributed by atoms with E-state index in [4.69, 9.17) is 27.9 Å². The number of halogens is 3. The first-order valence-corrected chi connectivity index (χ1v) is 9.23. The molecule has 1 rings (SSSR count). The lowest BCUT2D eigenvalue weighted by Crippen LogP contribution is -2.00. The molecular weight excluding hydrogens is 359 g/mol. The summed E-state index contributed by atoms with van der Waals surface area (Å²) >= 11 is 15.6. The van der Waals surface area contributed by atoms with Gasteiger partial charge in [0.1, 0.15) is 5.75 Å². The van der Waals surface area contributed by atoms with Gasteiger partial charge in [-0.05, 0) is 18.6 Å². The van der Waals surface area contributed by atoms with Crippen LogP contribution in [-0.4, -0.2) is 6.61 Å². The molecule has 4 heteroatoms. The Balaban J connectivity index is 2.28. The minimum absolute atomic E-state index is 0.592. The van der Waals surface area contributed by atoms with Crippen LogP contribution in [0.15, 0.2) is 12.1 Å². The Morgan fingerprint density at radius 1 is 1.00 bits per heavy atom. The van der Waals surface area contributed by atoms with Gasteiger partial charge in [-0.25, -0.2) is 0 Å². The van der Waals surface area contributed by atoms with Gasteiger partial charge < -0.3 is 4.74 Å². The second-order valence-electron chi connectivity index (χ2n) is 4.98. The molecule has 0 saturated carbocycles. The highest BCUT2D eigenvalue weighted by atomic mass is 79.9. The SMILES string of the molecule is CCCCCCCCCOc1c(Cl)cc(Cl)cc1CBr. The van der Waals surface area contributed by atoms with E-state index in [-0.39, 0.29) is 0 Å². The number of hydrogen-bond acceptors (Lipinski definition) is 1. The van der Waals surface area contributed by atoms with Crippen molar-refractivity contribution in [2.45, 2.75) is 57.2 Å². The summed E-state index contributed by atoms with van der Waals surface area (Å²) in [7, 11) is 0. The minimum Gasteiger partial charge on any atom is -0.492 e. The number of benzene rings is 1. The highest BCUT2D eigenvalue weighted by Crippen LogP contribution is 2.33. The van der Waals surface area contributed by atoms with Crippen molar-refractivity contribution in [2.75, 3.05) is 6.61 Å². The van der Waals surface area contributed by atoms with E-state index in [1.165, 1.54) is 38.5 Å². The molecule has 0 heterocycles. The summed E-state index contributed by atoms with van der Waals surface area (Å²) in [5.41, 5.74) is 1.01. The molecule has 0 unspecified atom stereocenters. The quantitative estimate of drug-likeness (QED) is 0.312. The molecule has 0 radical (unpaired) electrons. The van der Waals surface area contributed by atoms with E-state index < -0.39 is 0 Å². The van der Waals surface area contributed by atoms with Gasteiger partial charge in [0.25, 0.3) is 0 Å². The number of hydrogen-bond donors (Lipinski definition) is 0. The van der Waals surface area contributed by atoms with Crippen LogP contribution in [0.25, 0.3) is 0 Å². The molecule has 0 aromatic heterocycles. The molecule has 0 aliphatic heterocycles. The first-order chi connectivity index (χ1) is 9.69. The van der Waals surface area contributed by atoms with Gasteiger partial charge in [0.15, 0.2) is 0 Å². The summed E-state index contributed by atoms with van der Waals surface area (Å²) in [5.74, 6) is 0.763. The highest BCUT2D eigenvalue weighted by Gasteiger charge is 2.09. The van der Waals surface area contributed by atoms with Gasteiger partial charge in [-0.1, -0.05) is 84.6 Å². The van der Waals surface area contributed by atoms with Crippen molar-refractivity contribution in [2.24, 2.45) is 0 Å². The normalized spacial score (nSPS) is 10.8. The van der Waals surface area contributed by atoms with E-state index in [9.17, 15) is 0 Å². The summed E-state index contributed by atoms with van der Waals surface area (Å²) in [5, 5.41) is 1.93. The lowest BCUT2D eigenvalue weighted by atomic mass is 10.1. The van der Waals surface area contributed by atoms with Crippen LogP contribution in [0.2, 0.25) is 10.0 Å². The van der Waals surface area contributed by atoms with Gasteiger partial charge in [-0.3, -0.25) is 0 Å². The third kappa shape index (κ3) is 6.69.